The van der Waals surface area contributed by atoms with E-state index < -0.39 is 0 Å². The van der Waals surface area contributed by atoms with Crippen LogP contribution >= 0.6 is 33.9 Å². The highest BCUT2D eigenvalue weighted by Gasteiger charge is 2.13. The van der Waals surface area contributed by atoms with Gasteiger partial charge in [-0.15, -0.1) is 11.3 Å². The third-order valence-electron chi connectivity index (χ3n) is 3.67. The lowest BCUT2D eigenvalue weighted by molar-refractivity contribution is 0.832. The van der Waals surface area contributed by atoms with E-state index in [2.05, 4.69) is 32.7 Å². The van der Waals surface area contributed by atoms with Crippen molar-refractivity contribution in [3.05, 3.63) is 85.5 Å². The molecule has 0 atom stereocenters. The van der Waals surface area contributed by atoms with Crippen LogP contribution in [0.15, 0.2) is 75.9 Å². The molecule has 0 bridgehead atoms. The van der Waals surface area contributed by atoms with Gasteiger partial charge in [0.05, 0.1) is 22.0 Å². The predicted molar refractivity (Wildman–Crippen MR) is 111 cm³/mol. The molecule has 0 aliphatic heterocycles. The second kappa shape index (κ2) is 6.89. The first-order valence-corrected chi connectivity index (χ1v) is 9.54. The molecule has 0 N–H and O–H groups in total. The van der Waals surface area contributed by atoms with Crippen LogP contribution in [0.4, 0.5) is 0 Å². The summed E-state index contributed by atoms with van der Waals surface area (Å²) in [5, 5.41) is 6.96. The summed E-state index contributed by atoms with van der Waals surface area (Å²) in [4.78, 5) is 18.6. The van der Waals surface area contributed by atoms with Crippen molar-refractivity contribution in [2.75, 3.05) is 0 Å². The van der Waals surface area contributed by atoms with E-state index in [4.69, 9.17) is 0 Å². The van der Waals surface area contributed by atoms with E-state index in [1.807, 2.05) is 66.0 Å². The van der Waals surface area contributed by atoms with Crippen LogP contribution in [0.2, 0.25) is 0 Å². The summed E-state index contributed by atoms with van der Waals surface area (Å²) in [6, 6.07) is 19.3. The largest absolute Gasteiger partial charge is 0.282 e. The Kier molecular flexibility index (Phi) is 4.46. The smallest absolute Gasteiger partial charge is 0.267 e. The van der Waals surface area contributed by atoms with E-state index in [0.29, 0.717) is 16.7 Å². The molecule has 0 radical (unpaired) electrons. The molecule has 4 aromatic rings. The van der Waals surface area contributed by atoms with Gasteiger partial charge in [0, 0.05) is 3.57 Å². The molecule has 2 heterocycles. The number of halogens is 1. The molecule has 4 rings (SSSR count). The molecule has 0 spiro atoms. The number of fused-ring (bicyclic) bond motifs is 1. The van der Waals surface area contributed by atoms with Crippen LogP contribution in [-0.2, 0) is 0 Å². The maximum Gasteiger partial charge on any atom is 0.282 e. The third kappa shape index (κ3) is 3.27. The van der Waals surface area contributed by atoms with E-state index in [1.165, 1.54) is 16.0 Å². The lowest BCUT2D eigenvalue weighted by atomic mass is 10.2. The Bertz CT molecular complexity index is 1120. The van der Waals surface area contributed by atoms with Crippen molar-refractivity contribution in [2.24, 2.45) is 5.10 Å². The van der Waals surface area contributed by atoms with E-state index in [9.17, 15) is 4.79 Å². The first kappa shape index (κ1) is 16.2. The molecule has 25 heavy (non-hydrogen) atoms. The maximum absolute atomic E-state index is 13.0. The highest BCUT2D eigenvalue weighted by molar-refractivity contribution is 14.1. The molecule has 0 saturated heterocycles. The second-order valence-corrected chi connectivity index (χ2v) is 7.54. The summed E-state index contributed by atoms with van der Waals surface area (Å²) in [6.07, 6.45) is 1.68. The molecule has 0 unspecified atom stereocenters. The fraction of sp³-hybridized carbons (Fsp3) is 0. The molecule has 2 aromatic carbocycles. The van der Waals surface area contributed by atoms with Crippen molar-refractivity contribution >= 4 is 51.0 Å². The average molecular weight is 457 g/mol. The summed E-state index contributed by atoms with van der Waals surface area (Å²) in [5.74, 6) is 0.556. The van der Waals surface area contributed by atoms with Crippen LogP contribution in [0, 0.1) is 3.57 Å². The van der Waals surface area contributed by atoms with Crippen LogP contribution in [-0.4, -0.2) is 15.9 Å². The number of hydrogen-bond acceptors (Lipinski definition) is 4. The maximum atomic E-state index is 13.0. The molecule has 0 aliphatic rings. The molecule has 6 heteroatoms. The Morgan fingerprint density at radius 2 is 1.92 bits per heavy atom. The Balaban J connectivity index is 1.96. The minimum atomic E-state index is -0.168. The van der Waals surface area contributed by atoms with Gasteiger partial charge in [0.1, 0.15) is 0 Å². The Morgan fingerprint density at radius 1 is 1.08 bits per heavy atom. The topological polar surface area (TPSA) is 47.2 Å². The Labute approximate surface area is 161 Å². The number of nitrogens with zero attached hydrogens (tertiary/aromatic N) is 3. The van der Waals surface area contributed by atoms with Crippen molar-refractivity contribution in [3.63, 3.8) is 0 Å². The molecule has 2 aromatic heterocycles. The molecular formula is C19H12IN3OS. The minimum Gasteiger partial charge on any atom is -0.267 e. The van der Waals surface area contributed by atoms with E-state index in [-0.39, 0.29) is 5.56 Å². The Hall–Kier alpha value is -2.32. The van der Waals surface area contributed by atoms with Crippen molar-refractivity contribution in [1.29, 1.82) is 0 Å². The molecular weight excluding hydrogens is 445 g/mol. The molecule has 0 amide bonds. The first-order chi connectivity index (χ1) is 12.2. The van der Waals surface area contributed by atoms with Gasteiger partial charge in [0.25, 0.3) is 5.56 Å². The normalized spacial score (nSPS) is 11.4. The predicted octanol–water partition coefficient (Wildman–Crippen LogP) is 4.61. The van der Waals surface area contributed by atoms with Crippen molar-refractivity contribution in [1.82, 2.24) is 9.66 Å². The van der Waals surface area contributed by atoms with Crippen LogP contribution in [0.1, 0.15) is 5.56 Å². The Morgan fingerprint density at radius 3 is 2.68 bits per heavy atom. The lowest BCUT2D eigenvalue weighted by Gasteiger charge is -2.08. The van der Waals surface area contributed by atoms with Gasteiger partial charge in [-0.25, -0.2) is 4.98 Å². The average Bonchev–Trinajstić information content (AvgIpc) is 3.17. The zero-order valence-electron chi connectivity index (χ0n) is 13.0. The van der Waals surface area contributed by atoms with E-state index >= 15 is 0 Å². The van der Waals surface area contributed by atoms with Gasteiger partial charge >= 0.3 is 0 Å². The van der Waals surface area contributed by atoms with Crippen molar-refractivity contribution in [2.45, 2.75) is 0 Å². The number of aromatic nitrogens is 2. The lowest BCUT2D eigenvalue weighted by Crippen LogP contribution is -2.20. The number of thiophene rings is 1. The fourth-order valence-electron chi connectivity index (χ4n) is 2.48. The zero-order chi connectivity index (χ0) is 17.2. The van der Waals surface area contributed by atoms with Gasteiger partial charge < -0.3 is 0 Å². The van der Waals surface area contributed by atoms with Crippen molar-refractivity contribution < 1.29 is 0 Å². The van der Waals surface area contributed by atoms with Gasteiger partial charge in [-0.3, -0.25) is 4.79 Å². The van der Waals surface area contributed by atoms with Gasteiger partial charge in [0.2, 0.25) is 0 Å². The highest BCUT2D eigenvalue weighted by atomic mass is 127. The molecule has 0 saturated carbocycles. The first-order valence-electron chi connectivity index (χ1n) is 7.58. The van der Waals surface area contributed by atoms with E-state index in [0.717, 1.165) is 14.0 Å². The van der Waals surface area contributed by atoms with E-state index in [1.54, 1.807) is 6.21 Å². The number of rotatable bonds is 3. The summed E-state index contributed by atoms with van der Waals surface area (Å²) in [5.41, 5.74) is 1.44. The van der Waals surface area contributed by atoms with Crippen LogP contribution in [0.3, 0.4) is 0 Å². The van der Waals surface area contributed by atoms with Crippen molar-refractivity contribution in [3.8, 4) is 10.7 Å². The summed E-state index contributed by atoms with van der Waals surface area (Å²) < 4.78 is 2.38. The quantitative estimate of drug-likeness (QED) is 0.333. The van der Waals surface area contributed by atoms with Gasteiger partial charge in [-0.1, -0.05) is 36.4 Å². The molecule has 122 valence electrons. The van der Waals surface area contributed by atoms with Crippen LogP contribution in [0.25, 0.3) is 21.6 Å². The molecule has 0 aliphatic carbocycles. The highest BCUT2D eigenvalue weighted by Crippen LogP contribution is 2.24. The molecule has 4 nitrogen and oxygen atoms in total. The van der Waals surface area contributed by atoms with Gasteiger partial charge in [-0.05, 0) is 57.8 Å². The SMILES string of the molecule is O=c1c2cc(I)ccc2nc(-c2cccs2)n1N=Cc1ccccc1. The summed E-state index contributed by atoms with van der Waals surface area (Å²) in [7, 11) is 0. The van der Waals surface area contributed by atoms with Crippen LogP contribution in [0.5, 0.6) is 0 Å². The van der Waals surface area contributed by atoms with Gasteiger partial charge in [-0.2, -0.15) is 9.78 Å². The van der Waals surface area contributed by atoms with Crippen LogP contribution < -0.4 is 5.56 Å². The summed E-state index contributed by atoms with van der Waals surface area (Å²) in [6.45, 7) is 0. The third-order valence-corrected chi connectivity index (χ3v) is 5.21. The van der Waals surface area contributed by atoms with Gasteiger partial charge in [0.15, 0.2) is 5.82 Å². The monoisotopic (exact) mass is 457 g/mol. The number of hydrogen-bond donors (Lipinski definition) is 0. The number of benzene rings is 2. The standard InChI is InChI=1S/C19H12IN3OS/c20-14-8-9-16-15(11-14)19(24)23(18(22-16)17-7-4-10-25-17)21-12-13-5-2-1-3-6-13/h1-12H. The minimum absolute atomic E-state index is 0.168. The summed E-state index contributed by atoms with van der Waals surface area (Å²) >= 11 is 3.73. The second-order valence-electron chi connectivity index (χ2n) is 5.35. The zero-order valence-corrected chi connectivity index (χ0v) is 15.9. The fourth-order valence-corrected chi connectivity index (χ4v) is 3.67. The molecule has 0 fully saturated rings.